The molecule has 4 rings (SSSR count). The van der Waals surface area contributed by atoms with Gasteiger partial charge >= 0.3 is 0 Å². The molecule has 2 heteroatoms. The summed E-state index contributed by atoms with van der Waals surface area (Å²) in [5, 5.41) is 11.5. The predicted molar refractivity (Wildman–Crippen MR) is 81.9 cm³/mol. The first-order valence-corrected chi connectivity index (χ1v) is 7.69. The molecule has 1 aliphatic carbocycles. The molecule has 0 spiro atoms. The zero-order valence-corrected chi connectivity index (χ0v) is 12.0. The van der Waals surface area contributed by atoms with E-state index in [9.17, 15) is 5.11 Å². The summed E-state index contributed by atoms with van der Waals surface area (Å²) in [7, 11) is 0. The molecule has 1 heterocycles. The lowest BCUT2D eigenvalue weighted by Crippen LogP contribution is -2.32. The minimum absolute atomic E-state index is 0.119. The topological polar surface area (TPSA) is 29.5 Å². The number of aliphatic hydroxyl groups is 1. The molecule has 1 N–H and O–H groups in total. The largest absolute Gasteiger partial charge is 0.385 e. The van der Waals surface area contributed by atoms with Crippen molar-refractivity contribution in [1.29, 1.82) is 0 Å². The first kappa shape index (κ1) is 13.1. The van der Waals surface area contributed by atoms with Gasteiger partial charge in [-0.2, -0.15) is 0 Å². The van der Waals surface area contributed by atoms with E-state index in [1.54, 1.807) is 0 Å². The number of benzene rings is 2. The summed E-state index contributed by atoms with van der Waals surface area (Å²) < 4.78 is 5.68. The molecule has 2 aliphatic rings. The fraction of sp³-hybridized carbons (Fsp3) is 0.368. The zero-order chi connectivity index (χ0) is 14.3. The van der Waals surface area contributed by atoms with Crippen LogP contribution in [0.1, 0.15) is 23.5 Å². The average Bonchev–Trinajstić information content (AvgIpc) is 3.07. The molecular formula is C19H20O2. The van der Waals surface area contributed by atoms with E-state index in [0.29, 0.717) is 11.8 Å². The third-order valence-electron chi connectivity index (χ3n) is 5.20. The van der Waals surface area contributed by atoms with Crippen LogP contribution in [0.15, 0.2) is 60.7 Å². The number of rotatable bonds is 2. The Morgan fingerprint density at radius 1 is 0.905 bits per heavy atom. The van der Waals surface area contributed by atoms with Gasteiger partial charge in [0.25, 0.3) is 0 Å². The Balaban J connectivity index is 1.82. The summed E-state index contributed by atoms with van der Waals surface area (Å²) in [6, 6.07) is 20.6. The Bertz CT molecular complexity index is 610. The Hall–Kier alpha value is -1.64. The van der Waals surface area contributed by atoms with E-state index in [4.69, 9.17) is 4.74 Å². The van der Waals surface area contributed by atoms with Crippen LogP contribution in [-0.4, -0.2) is 18.3 Å². The standard InChI is InChI=1S/C19H20O2/c20-19(16-9-5-2-6-10-16)11-15-12-21-13-17(15)18(19)14-7-3-1-4-8-14/h1-10,15,17-18,20H,11-13H2/t15-,17+,18-,19-/m0/s1. The Morgan fingerprint density at radius 2 is 1.57 bits per heavy atom. The normalized spacial score (nSPS) is 34.8. The van der Waals surface area contributed by atoms with Crippen LogP contribution in [0.2, 0.25) is 0 Å². The van der Waals surface area contributed by atoms with Crippen LogP contribution in [0.25, 0.3) is 0 Å². The van der Waals surface area contributed by atoms with E-state index < -0.39 is 5.60 Å². The summed E-state index contributed by atoms with van der Waals surface area (Å²) in [5.74, 6) is 0.992. The highest BCUT2D eigenvalue weighted by Crippen LogP contribution is 2.57. The van der Waals surface area contributed by atoms with Crippen molar-refractivity contribution < 1.29 is 9.84 Å². The van der Waals surface area contributed by atoms with Crippen LogP contribution in [0.3, 0.4) is 0 Å². The summed E-state index contributed by atoms with van der Waals surface area (Å²) in [6.45, 7) is 1.54. The van der Waals surface area contributed by atoms with Gasteiger partial charge in [-0.3, -0.25) is 0 Å². The Labute approximate surface area is 125 Å². The Morgan fingerprint density at radius 3 is 2.29 bits per heavy atom. The summed E-state index contributed by atoms with van der Waals surface area (Å²) in [4.78, 5) is 0. The van der Waals surface area contributed by atoms with Crippen molar-refractivity contribution in [1.82, 2.24) is 0 Å². The summed E-state index contributed by atoms with van der Waals surface area (Å²) in [6.07, 6.45) is 0.793. The zero-order valence-electron chi connectivity index (χ0n) is 12.0. The third kappa shape index (κ3) is 2.02. The smallest absolute Gasteiger partial charge is 0.0972 e. The number of fused-ring (bicyclic) bond motifs is 1. The molecule has 2 aromatic rings. The van der Waals surface area contributed by atoms with Crippen molar-refractivity contribution in [2.45, 2.75) is 17.9 Å². The quantitative estimate of drug-likeness (QED) is 0.914. The van der Waals surface area contributed by atoms with Gasteiger partial charge in [-0.15, -0.1) is 0 Å². The molecule has 2 aromatic carbocycles. The van der Waals surface area contributed by atoms with Gasteiger partial charge in [-0.05, 0) is 29.4 Å². The van der Waals surface area contributed by atoms with Gasteiger partial charge in [-0.1, -0.05) is 60.7 Å². The van der Waals surface area contributed by atoms with E-state index in [1.807, 2.05) is 24.3 Å². The molecule has 0 radical (unpaired) electrons. The second-order valence-electron chi connectivity index (χ2n) is 6.34. The summed E-state index contributed by atoms with van der Waals surface area (Å²) >= 11 is 0. The fourth-order valence-electron chi connectivity index (χ4n) is 4.28. The number of hydrogen-bond acceptors (Lipinski definition) is 2. The molecule has 108 valence electrons. The van der Waals surface area contributed by atoms with Gasteiger partial charge in [0.15, 0.2) is 0 Å². The molecule has 2 fully saturated rings. The van der Waals surface area contributed by atoms with Crippen LogP contribution in [0, 0.1) is 11.8 Å². The Kier molecular flexibility index (Phi) is 3.09. The lowest BCUT2D eigenvalue weighted by atomic mass is 9.76. The molecule has 4 atom stereocenters. The molecular weight excluding hydrogens is 260 g/mol. The van der Waals surface area contributed by atoms with Crippen molar-refractivity contribution in [3.63, 3.8) is 0 Å². The second kappa shape index (κ2) is 4.97. The van der Waals surface area contributed by atoms with Crippen molar-refractivity contribution >= 4 is 0 Å². The van der Waals surface area contributed by atoms with Crippen LogP contribution >= 0.6 is 0 Å². The van der Waals surface area contributed by atoms with Gasteiger partial charge in [-0.25, -0.2) is 0 Å². The third-order valence-corrected chi connectivity index (χ3v) is 5.20. The molecule has 1 aliphatic heterocycles. The maximum atomic E-state index is 11.5. The van der Waals surface area contributed by atoms with E-state index >= 15 is 0 Å². The average molecular weight is 280 g/mol. The second-order valence-corrected chi connectivity index (χ2v) is 6.34. The van der Waals surface area contributed by atoms with Crippen molar-refractivity contribution in [3.05, 3.63) is 71.8 Å². The van der Waals surface area contributed by atoms with Crippen molar-refractivity contribution in [3.8, 4) is 0 Å². The summed E-state index contributed by atoms with van der Waals surface area (Å²) in [5.41, 5.74) is 1.48. The molecule has 1 saturated heterocycles. The number of ether oxygens (including phenoxy) is 1. The molecule has 0 aromatic heterocycles. The van der Waals surface area contributed by atoms with E-state index in [-0.39, 0.29) is 5.92 Å². The van der Waals surface area contributed by atoms with E-state index in [2.05, 4.69) is 36.4 Å². The molecule has 2 nitrogen and oxygen atoms in total. The molecule has 21 heavy (non-hydrogen) atoms. The van der Waals surface area contributed by atoms with Gasteiger partial charge in [0.1, 0.15) is 0 Å². The fourth-order valence-corrected chi connectivity index (χ4v) is 4.28. The first-order chi connectivity index (χ1) is 10.3. The van der Waals surface area contributed by atoms with Gasteiger partial charge in [0.05, 0.1) is 12.2 Å². The monoisotopic (exact) mass is 280 g/mol. The highest BCUT2D eigenvalue weighted by molar-refractivity contribution is 5.35. The van der Waals surface area contributed by atoms with Crippen molar-refractivity contribution in [2.75, 3.05) is 13.2 Å². The van der Waals surface area contributed by atoms with Crippen LogP contribution in [0.5, 0.6) is 0 Å². The van der Waals surface area contributed by atoms with E-state index in [1.165, 1.54) is 5.56 Å². The van der Waals surface area contributed by atoms with Crippen molar-refractivity contribution in [2.24, 2.45) is 11.8 Å². The maximum absolute atomic E-state index is 11.5. The predicted octanol–water partition coefficient (Wildman–Crippen LogP) is 3.32. The van der Waals surface area contributed by atoms with Gasteiger partial charge in [0.2, 0.25) is 0 Å². The SMILES string of the molecule is O[C@]1(c2ccccc2)C[C@H]2COC[C@H]2[C@@H]1c1ccccc1. The molecule has 1 saturated carbocycles. The van der Waals surface area contributed by atoms with Crippen LogP contribution in [0.4, 0.5) is 0 Å². The molecule has 0 unspecified atom stereocenters. The maximum Gasteiger partial charge on any atom is 0.0972 e. The highest BCUT2D eigenvalue weighted by Gasteiger charge is 2.55. The molecule has 0 bridgehead atoms. The highest BCUT2D eigenvalue weighted by atomic mass is 16.5. The van der Waals surface area contributed by atoms with Crippen LogP contribution in [-0.2, 0) is 10.3 Å². The van der Waals surface area contributed by atoms with E-state index in [0.717, 1.165) is 25.2 Å². The van der Waals surface area contributed by atoms with Crippen LogP contribution < -0.4 is 0 Å². The minimum atomic E-state index is -0.776. The van der Waals surface area contributed by atoms with Gasteiger partial charge < -0.3 is 9.84 Å². The lowest BCUT2D eigenvalue weighted by molar-refractivity contribution is 0.00313. The first-order valence-electron chi connectivity index (χ1n) is 7.69. The minimum Gasteiger partial charge on any atom is -0.385 e. The lowest BCUT2D eigenvalue weighted by Gasteiger charge is -2.33. The molecule has 0 amide bonds. The van der Waals surface area contributed by atoms with Gasteiger partial charge in [0, 0.05) is 12.5 Å². The number of hydrogen-bond donors (Lipinski definition) is 1.